The predicted octanol–water partition coefficient (Wildman–Crippen LogP) is 3.56. The minimum atomic E-state index is -0.260. The first kappa shape index (κ1) is 14.2. The first-order chi connectivity index (χ1) is 9.01. The Labute approximate surface area is 116 Å². The summed E-state index contributed by atoms with van der Waals surface area (Å²) in [5.41, 5.74) is 8.71. The Morgan fingerprint density at radius 1 is 1.11 bits per heavy atom. The lowest BCUT2D eigenvalue weighted by Crippen LogP contribution is -2.33. The molecule has 1 aromatic carbocycles. The van der Waals surface area contributed by atoms with Gasteiger partial charge in [-0.25, -0.2) is 0 Å². The molecule has 3 nitrogen and oxygen atoms in total. The number of benzene rings is 1. The van der Waals surface area contributed by atoms with E-state index in [1.165, 1.54) is 18.4 Å². The van der Waals surface area contributed by atoms with E-state index in [2.05, 4.69) is 26.0 Å². The van der Waals surface area contributed by atoms with Gasteiger partial charge in [-0.1, -0.05) is 26.7 Å². The van der Waals surface area contributed by atoms with Crippen LogP contribution in [-0.4, -0.2) is 14.2 Å². The van der Waals surface area contributed by atoms with Crippen LogP contribution in [0, 0.1) is 0 Å². The van der Waals surface area contributed by atoms with Gasteiger partial charge in [-0.15, -0.1) is 0 Å². The second-order valence-electron chi connectivity index (χ2n) is 5.82. The Hall–Kier alpha value is -1.22. The van der Waals surface area contributed by atoms with E-state index in [1.807, 2.05) is 0 Å². The molecule has 0 amide bonds. The third-order valence-corrected chi connectivity index (χ3v) is 4.20. The van der Waals surface area contributed by atoms with Crippen LogP contribution in [0.25, 0.3) is 0 Å². The van der Waals surface area contributed by atoms with Gasteiger partial charge >= 0.3 is 0 Å². The third-order valence-electron chi connectivity index (χ3n) is 4.20. The summed E-state index contributed by atoms with van der Waals surface area (Å²) in [6.45, 7) is 4.37. The van der Waals surface area contributed by atoms with E-state index in [1.54, 1.807) is 14.2 Å². The van der Waals surface area contributed by atoms with Crippen LogP contribution >= 0.6 is 0 Å². The zero-order valence-electron chi connectivity index (χ0n) is 12.5. The minimum absolute atomic E-state index is 0.260. The molecule has 1 aromatic rings. The molecule has 106 valence electrons. The maximum atomic E-state index is 6.61. The molecule has 0 saturated heterocycles. The van der Waals surface area contributed by atoms with Gasteiger partial charge in [0.05, 0.1) is 14.2 Å². The smallest absolute Gasteiger partial charge is 0.165 e. The van der Waals surface area contributed by atoms with Gasteiger partial charge < -0.3 is 15.2 Å². The maximum Gasteiger partial charge on any atom is 0.165 e. The number of hydrogen-bond donors (Lipinski definition) is 1. The van der Waals surface area contributed by atoms with E-state index in [0.29, 0.717) is 5.92 Å². The van der Waals surface area contributed by atoms with Gasteiger partial charge in [0.25, 0.3) is 0 Å². The molecule has 3 heteroatoms. The molecule has 0 radical (unpaired) electrons. The van der Waals surface area contributed by atoms with Crippen molar-refractivity contribution in [1.29, 1.82) is 0 Å². The molecule has 1 aliphatic rings. The van der Waals surface area contributed by atoms with Gasteiger partial charge in [-0.3, -0.25) is 0 Å². The van der Waals surface area contributed by atoms with Crippen molar-refractivity contribution in [1.82, 2.24) is 0 Å². The summed E-state index contributed by atoms with van der Waals surface area (Å²) in [5, 5.41) is 0. The predicted molar refractivity (Wildman–Crippen MR) is 78.0 cm³/mol. The van der Waals surface area contributed by atoms with Crippen LogP contribution in [0.1, 0.15) is 56.6 Å². The molecule has 1 saturated carbocycles. The topological polar surface area (TPSA) is 44.5 Å². The van der Waals surface area contributed by atoms with Gasteiger partial charge in [0.2, 0.25) is 0 Å². The molecule has 0 aromatic heterocycles. The fourth-order valence-corrected chi connectivity index (χ4v) is 2.96. The number of rotatable bonds is 4. The molecule has 19 heavy (non-hydrogen) atoms. The SMILES string of the molecule is COc1cc(C(C)C)cc(C2(N)CCCC2)c1OC. The van der Waals surface area contributed by atoms with Gasteiger partial charge in [0.15, 0.2) is 11.5 Å². The Morgan fingerprint density at radius 3 is 2.21 bits per heavy atom. The molecule has 0 heterocycles. The first-order valence-corrected chi connectivity index (χ1v) is 7.07. The molecule has 0 unspecified atom stereocenters. The summed E-state index contributed by atoms with van der Waals surface area (Å²) in [6, 6.07) is 4.27. The highest BCUT2D eigenvalue weighted by atomic mass is 16.5. The monoisotopic (exact) mass is 263 g/mol. The third kappa shape index (κ3) is 2.57. The Kier molecular flexibility index (Phi) is 4.04. The molecular formula is C16H25NO2. The second kappa shape index (κ2) is 5.41. The average molecular weight is 263 g/mol. The van der Waals surface area contributed by atoms with Crippen molar-refractivity contribution in [2.24, 2.45) is 5.73 Å². The van der Waals surface area contributed by atoms with Crippen LogP contribution in [0.2, 0.25) is 0 Å². The van der Waals surface area contributed by atoms with E-state index in [-0.39, 0.29) is 5.54 Å². The van der Waals surface area contributed by atoms with Crippen LogP contribution in [0.5, 0.6) is 11.5 Å². The number of ether oxygens (including phenoxy) is 2. The van der Waals surface area contributed by atoms with E-state index in [9.17, 15) is 0 Å². The van der Waals surface area contributed by atoms with E-state index in [4.69, 9.17) is 15.2 Å². The molecule has 0 aliphatic heterocycles. The Morgan fingerprint density at radius 2 is 1.74 bits per heavy atom. The molecule has 2 N–H and O–H groups in total. The van der Waals surface area contributed by atoms with Crippen molar-refractivity contribution >= 4 is 0 Å². The van der Waals surface area contributed by atoms with Gasteiger partial charge in [-0.2, -0.15) is 0 Å². The fraction of sp³-hybridized carbons (Fsp3) is 0.625. The molecule has 1 fully saturated rings. The zero-order chi connectivity index (χ0) is 14.0. The summed E-state index contributed by atoms with van der Waals surface area (Å²) in [5.74, 6) is 2.04. The highest BCUT2D eigenvalue weighted by Crippen LogP contribution is 2.45. The minimum Gasteiger partial charge on any atom is -0.493 e. The van der Waals surface area contributed by atoms with Crippen molar-refractivity contribution < 1.29 is 9.47 Å². The van der Waals surface area contributed by atoms with Crippen molar-refractivity contribution in [3.05, 3.63) is 23.3 Å². The molecule has 1 aliphatic carbocycles. The largest absolute Gasteiger partial charge is 0.493 e. The van der Waals surface area contributed by atoms with Crippen LogP contribution in [-0.2, 0) is 5.54 Å². The summed E-state index contributed by atoms with van der Waals surface area (Å²) in [7, 11) is 3.37. The summed E-state index contributed by atoms with van der Waals surface area (Å²) in [6.07, 6.45) is 4.42. The summed E-state index contributed by atoms with van der Waals surface area (Å²) in [4.78, 5) is 0. The lowest BCUT2D eigenvalue weighted by molar-refractivity contribution is 0.336. The van der Waals surface area contributed by atoms with Crippen LogP contribution < -0.4 is 15.2 Å². The van der Waals surface area contributed by atoms with Crippen LogP contribution in [0.3, 0.4) is 0 Å². The summed E-state index contributed by atoms with van der Waals surface area (Å²) >= 11 is 0. The van der Waals surface area contributed by atoms with Gasteiger partial charge in [0.1, 0.15) is 0 Å². The normalized spacial score (nSPS) is 17.8. The highest BCUT2D eigenvalue weighted by molar-refractivity contribution is 5.53. The molecular weight excluding hydrogens is 238 g/mol. The Balaban J connectivity index is 2.58. The lowest BCUT2D eigenvalue weighted by Gasteiger charge is -2.28. The highest BCUT2D eigenvalue weighted by Gasteiger charge is 2.35. The van der Waals surface area contributed by atoms with Crippen molar-refractivity contribution in [2.75, 3.05) is 14.2 Å². The molecule has 0 atom stereocenters. The number of hydrogen-bond acceptors (Lipinski definition) is 3. The average Bonchev–Trinajstić information content (AvgIpc) is 2.85. The van der Waals surface area contributed by atoms with E-state index >= 15 is 0 Å². The van der Waals surface area contributed by atoms with Crippen LogP contribution in [0.15, 0.2) is 12.1 Å². The number of nitrogens with two attached hydrogens (primary N) is 1. The van der Waals surface area contributed by atoms with Crippen LogP contribution in [0.4, 0.5) is 0 Å². The number of methoxy groups -OCH3 is 2. The van der Waals surface area contributed by atoms with Crippen molar-refractivity contribution in [2.45, 2.75) is 51.0 Å². The quantitative estimate of drug-likeness (QED) is 0.903. The van der Waals surface area contributed by atoms with Crippen molar-refractivity contribution in [3.63, 3.8) is 0 Å². The second-order valence-corrected chi connectivity index (χ2v) is 5.82. The van der Waals surface area contributed by atoms with Crippen molar-refractivity contribution in [3.8, 4) is 11.5 Å². The molecule has 2 rings (SSSR count). The first-order valence-electron chi connectivity index (χ1n) is 7.07. The zero-order valence-corrected chi connectivity index (χ0v) is 12.5. The summed E-state index contributed by atoms with van der Waals surface area (Å²) < 4.78 is 11.1. The Bertz CT molecular complexity index is 448. The maximum absolute atomic E-state index is 6.61. The standard InChI is InChI=1S/C16H25NO2/c1-11(2)12-9-13(16(17)7-5-6-8-16)15(19-4)14(10-12)18-3/h9-11H,5-8,17H2,1-4H3. The van der Waals surface area contributed by atoms with E-state index < -0.39 is 0 Å². The molecule has 0 bridgehead atoms. The van der Waals surface area contributed by atoms with Gasteiger partial charge in [0, 0.05) is 11.1 Å². The lowest BCUT2D eigenvalue weighted by atomic mass is 9.85. The molecule has 0 spiro atoms. The van der Waals surface area contributed by atoms with E-state index in [0.717, 1.165) is 29.9 Å². The van der Waals surface area contributed by atoms with Gasteiger partial charge in [-0.05, 0) is 36.5 Å². The fourth-order valence-electron chi connectivity index (χ4n) is 2.96.